The molecule has 0 saturated heterocycles. The molecule has 1 N–H and O–H groups in total. The molecule has 0 aliphatic carbocycles. The van der Waals surface area contributed by atoms with E-state index in [-0.39, 0.29) is 11.5 Å². The van der Waals surface area contributed by atoms with Crippen LogP contribution in [0.2, 0.25) is 0 Å². The summed E-state index contributed by atoms with van der Waals surface area (Å²) < 4.78 is 5.07. The molecular weight excluding hydrogens is 220 g/mol. The summed E-state index contributed by atoms with van der Waals surface area (Å²) in [6, 6.07) is 0.634. The maximum atomic E-state index is 5.37. The largest absolute Gasteiger partial charge is 0.383 e. The molecule has 4 heteroatoms. The molecule has 0 aliphatic heterocycles. The molecule has 3 nitrogen and oxygen atoms in total. The lowest BCUT2D eigenvalue weighted by Gasteiger charge is -2.37. The van der Waals surface area contributed by atoms with Gasteiger partial charge >= 0.3 is 0 Å². The number of hydrogen-bond acceptors (Lipinski definition) is 2. The lowest BCUT2D eigenvalue weighted by atomic mass is 9.87. The molecule has 0 saturated carbocycles. The maximum Gasteiger partial charge on any atom is 0.169 e. The van der Waals surface area contributed by atoms with Crippen LogP contribution in [0.15, 0.2) is 0 Å². The van der Waals surface area contributed by atoms with Crippen molar-refractivity contribution in [2.75, 3.05) is 20.8 Å². The molecule has 2 unspecified atom stereocenters. The molecule has 0 aromatic rings. The highest BCUT2D eigenvalue weighted by atomic mass is 32.1. The van der Waals surface area contributed by atoms with E-state index < -0.39 is 0 Å². The summed E-state index contributed by atoms with van der Waals surface area (Å²) in [5.41, 5.74) is 0.213. The lowest BCUT2D eigenvalue weighted by Crippen LogP contribution is -2.50. The average Bonchev–Trinajstić information content (AvgIpc) is 2.14. The SMILES string of the molecule is COCC(C)NC(=S)N(C)C(C)C(C)(C)C. The zero-order valence-electron chi connectivity index (χ0n) is 11.6. The topological polar surface area (TPSA) is 24.5 Å². The van der Waals surface area contributed by atoms with E-state index in [0.717, 1.165) is 5.11 Å². The van der Waals surface area contributed by atoms with Gasteiger partial charge in [-0.05, 0) is 31.5 Å². The third-order valence-electron chi connectivity index (χ3n) is 2.94. The minimum atomic E-state index is 0.213. The van der Waals surface area contributed by atoms with Gasteiger partial charge in [0.25, 0.3) is 0 Å². The van der Waals surface area contributed by atoms with E-state index in [1.807, 2.05) is 7.05 Å². The summed E-state index contributed by atoms with van der Waals surface area (Å²) in [6.07, 6.45) is 0. The Hall–Kier alpha value is -0.350. The first-order chi connectivity index (χ1) is 7.20. The average molecular weight is 246 g/mol. The fourth-order valence-corrected chi connectivity index (χ4v) is 1.72. The first kappa shape index (κ1) is 15.7. The normalized spacial score (nSPS) is 15.4. The van der Waals surface area contributed by atoms with Crippen molar-refractivity contribution in [3.63, 3.8) is 0 Å². The van der Waals surface area contributed by atoms with Gasteiger partial charge in [0.15, 0.2) is 5.11 Å². The van der Waals surface area contributed by atoms with Crippen molar-refractivity contribution in [1.82, 2.24) is 10.2 Å². The van der Waals surface area contributed by atoms with Gasteiger partial charge in [-0.15, -0.1) is 0 Å². The van der Waals surface area contributed by atoms with E-state index in [9.17, 15) is 0 Å². The molecule has 0 bridgehead atoms. The third kappa shape index (κ3) is 5.12. The molecule has 0 heterocycles. The molecular formula is C12H26N2OS. The van der Waals surface area contributed by atoms with Crippen molar-refractivity contribution in [2.45, 2.75) is 46.7 Å². The van der Waals surface area contributed by atoms with Gasteiger partial charge in [-0.2, -0.15) is 0 Å². The zero-order valence-corrected chi connectivity index (χ0v) is 12.4. The molecule has 0 spiro atoms. The summed E-state index contributed by atoms with van der Waals surface area (Å²) in [5.74, 6) is 0. The highest BCUT2D eigenvalue weighted by Gasteiger charge is 2.25. The van der Waals surface area contributed by atoms with Crippen LogP contribution >= 0.6 is 12.2 Å². The third-order valence-corrected chi connectivity index (χ3v) is 3.35. The predicted octanol–water partition coefficient (Wildman–Crippen LogP) is 2.26. The smallest absolute Gasteiger partial charge is 0.169 e. The summed E-state index contributed by atoms with van der Waals surface area (Å²) in [4.78, 5) is 2.11. The second kappa shape index (κ2) is 6.40. The molecule has 0 fully saturated rings. The van der Waals surface area contributed by atoms with E-state index in [0.29, 0.717) is 12.6 Å². The maximum absolute atomic E-state index is 5.37. The van der Waals surface area contributed by atoms with Crippen molar-refractivity contribution in [3.8, 4) is 0 Å². The van der Waals surface area contributed by atoms with E-state index in [4.69, 9.17) is 17.0 Å². The zero-order chi connectivity index (χ0) is 12.9. The van der Waals surface area contributed by atoms with Gasteiger partial charge in [-0.1, -0.05) is 20.8 Å². The first-order valence-corrected chi connectivity index (χ1v) is 6.13. The van der Waals surface area contributed by atoms with Gasteiger partial charge in [0.2, 0.25) is 0 Å². The van der Waals surface area contributed by atoms with Gasteiger partial charge in [0.05, 0.1) is 6.61 Å². The van der Waals surface area contributed by atoms with Crippen LogP contribution in [0.3, 0.4) is 0 Å². The molecule has 2 atom stereocenters. The molecule has 16 heavy (non-hydrogen) atoms. The number of thiocarbonyl (C=S) groups is 1. The minimum Gasteiger partial charge on any atom is -0.383 e. The Morgan fingerprint density at radius 1 is 1.38 bits per heavy atom. The molecule has 0 aromatic carbocycles. The number of rotatable bonds is 4. The monoisotopic (exact) mass is 246 g/mol. The van der Waals surface area contributed by atoms with Crippen LogP contribution in [0.4, 0.5) is 0 Å². The molecule has 0 aromatic heterocycles. The molecule has 96 valence electrons. The van der Waals surface area contributed by atoms with Crippen LogP contribution in [0.5, 0.6) is 0 Å². The van der Waals surface area contributed by atoms with Gasteiger partial charge in [0.1, 0.15) is 0 Å². The Labute approximate surface area is 106 Å². The van der Waals surface area contributed by atoms with Crippen LogP contribution in [0.1, 0.15) is 34.6 Å². The molecule has 0 radical (unpaired) electrons. The Balaban J connectivity index is 4.28. The lowest BCUT2D eigenvalue weighted by molar-refractivity contribution is 0.173. The number of methoxy groups -OCH3 is 1. The number of hydrogen-bond donors (Lipinski definition) is 1. The van der Waals surface area contributed by atoms with Crippen molar-refractivity contribution in [2.24, 2.45) is 5.41 Å². The number of ether oxygens (including phenoxy) is 1. The quantitative estimate of drug-likeness (QED) is 0.769. The highest BCUT2D eigenvalue weighted by molar-refractivity contribution is 7.80. The van der Waals surface area contributed by atoms with Crippen molar-refractivity contribution in [1.29, 1.82) is 0 Å². The van der Waals surface area contributed by atoms with Crippen molar-refractivity contribution >= 4 is 17.3 Å². The van der Waals surface area contributed by atoms with E-state index >= 15 is 0 Å². The van der Waals surface area contributed by atoms with Gasteiger partial charge in [-0.3, -0.25) is 0 Å². The molecule has 0 rings (SSSR count). The summed E-state index contributed by atoms with van der Waals surface area (Å²) in [5, 5.41) is 4.05. The van der Waals surface area contributed by atoms with E-state index in [2.05, 4.69) is 44.8 Å². The van der Waals surface area contributed by atoms with Crippen molar-refractivity contribution in [3.05, 3.63) is 0 Å². The fourth-order valence-electron chi connectivity index (χ4n) is 1.36. The second-order valence-electron chi connectivity index (χ2n) is 5.46. The van der Waals surface area contributed by atoms with E-state index in [1.165, 1.54) is 0 Å². The van der Waals surface area contributed by atoms with E-state index in [1.54, 1.807) is 7.11 Å². The summed E-state index contributed by atoms with van der Waals surface area (Å²) >= 11 is 5.37. The summed E-state index contributed by atoms with van der Waals surface area (Å²) in [6.45, 7) is 11.6. The predicted molar refractivity (Wildman–Crippen MR) is 73.8 cm³/mol. The van der Waals surface area contributed by atoms with Gasteiger partial charge in [0, 0.05) is 26.2 Å². The number of nitrogens with one attached hydrogen (secondary N) is 1. The Morgan fingerprint density at radius 3 is 2.25 bits per heavy atom. The number of nitrogens with zero attached hydrogens (tertiary/aromatic N) is 1. The van der Waals surface area contributed by atoms with Crippen LogP contribution in [-0.4, -0.2) is 42.9 Å². The standard InChI is InChI=1S/C12H26N2OS/c1-9(8-15-7)13-11(16)14(6)10(2)12(3,4)5/h9-10H,8H2,1-7H3,(H,13,16). The Kier molecular flexibility index (Phi) is 6.26. The highest BCUT2D eigenvalue weighted by Crippen LogP contribution is 2.22. The first-order valence-electron chi connectivity index (χ1n) is 5.72. The van der Waals surface area contributed by atoms with Crippen LogP contribution in [0.25, 0.3) is 0 Å². The Morgan fingerprint density at radius 2 is 1.88 bits per heavy atom. The minimum absolute atomic E-state index is 0.213. The van der Waals surface area contributed by atoms with Crippen LogP contribution < -0.4 is 5.32 Å². The van der Waals surface area contributed by atoms with Gasteiger partial charge < -0.3 is 15.0 Å². The molecule has 0 aliphatic rings. The molecule has 0 amide bonds. The Bertz CT molecular complexity index is 226. The fraction of sp³-hybridized carbons (Fsp3) is 0.917. The van der Waals surface area contributed by atoms with Crippen LogP contribution in [-0.2, 0) is 4.74 Å². The van der Waals surface area contributed by atoms with Crippen molar-refractivity contribution < 1.29 is 4.74 Å². The second-order valence-corrected chi connectivity index (χ2v) is 5.85. The summed E-state index contributed by atoms with van der Waals surface area (Å²) in [7, 11) is 3.73. The van der Waals surface area contributed by atoms with Gasteiger partial charge in [-0.25, -0.2) is 0 Å². The van der Waals surface area contributed by atoms with Crippen LogP contribution in [0, 0.1) is 5.41 Å².